The average Bonchev–Trinajstić information content (AvgIpc) is 2.35. The molecule has 0 atom stereocenters. The number of hydrogen-bond donors (Lipinski definition) is 2. The molecule has 1 aromatic carbocycles. The van der Waals surface area contributed by atoms with Crippen LogP contribution in [0.1, 0.15) is 22.3 Å². The van der Waals surface area contributed by atoms with E-state index >= 15 is 0 Å². The van der Waals surface area contributed by atoms with Crippen LogP contribution in [-0.2, 0) is 4.79 Å². The molecule has 1 aromatic rings. The van der Waals surface area contributed by atoms with E-state index in [1.54, 1.807) is 18.2 Å². The summed E-state index contributed by atoms with van der Waals surface area (Å²) in [6, 6.07) is 9.01. The Balaban J connectivity index is 2.30. The Labute approximate surface area is 106 Å². The van der Waals surface area contributed by atoms with Gasteiger partial charge in [-0.05, 0) is 19.1 Å². The van der Waals surface area contributed by atoms with Crippen LogP contribution in [0.2, 0.25) is 0 Å². The van der Waals surface area contributed by atoms with Crippen molar-refractivity contribution in [2.45, 2.75) is 13.3 Å². The van der Waals surface area contributed by atoms with Crippen molar-refractivity contribution < 1.29 is 9.59 Å². The number of nitriles is 1. The van der Waals surface area contributed by atoms with Crippen LogP contribution in [0.25, 0.3) is 0 Å². The van der Waals surface area contributed by atoms with E-state index in [0.717, 1.165) is 5.56 Å². The number of hydrogen-bond acceptors (Lipinski definition) is 3. The molecule has 0 bridgehead atoms. The van der Waals surface area contributed by atoms with E-state index in [4.69, 9.17) is 5.26 Å². The number of amides is 2. The van der Waals surface area contributed by atoms with Gasteiger partial charge in [0.25, 0.3) is 5.91 Å². The zero-order chi connectivity index (χ0) is 13.4. The molecular formula is C13H15N3O2. The van der Waals surface area contributed by atoms with Crippen LogP contribution in [0, 0.1) is 18.3 Å². The molecule has 0 spiro atoms. The number of benzene rings is 1. The van der Waals surface area contributed by atoms with E-state index in [-0.39, 0.29) is 18.2 Å². The minimum Gasteiger partial charge on any atom is -0.353 e. The monoisotopic (exact) mass is 245 g/mol. The molecule has 0 unspecified atom stereocenters. The Kier molecular flexibility index (Phi) is 5.39. The second kappa shape index (κ2) is 7.07. The van der Waals surface area contributed by atoms with Crippen molar-refractivity contribution in [2.75, 3.05) is 13.1 Å². The van der Waals surface area contributed by atoms with E-state index in [1.165, 1.54) is 0 Å². The van der Waals surface area contributed by atoms with E-state index in [0.29, 0.717) is 18.7 Å². The van der Waals surface area contributed by atoms with Crippen LogP contribution in [0.3, 0.4) is 0 Å². The van der Waals surface area contributed by atoms with Crippen molar-refractivity contribution in [2.24, 2.45) is 0 Å². The van der Waals surface area contributed by atoms with Crippen LogP contribution in [-0.4, -0.2) is 24.9 Å². The molecule has 5 heteroatoms. The Morgan fingerprint density at radius 3 is 2.67 bits per heavy atom. The molecule has 0 aliphatic heterocycles. The molecule has 94 valence electrons. The standard InChI is InChI=1S/C13H15N3O2/c1-10-3-2-4-11(9-10)13(18)16-8-7-15-12(17)5-6-14/h2-4,9H,5,7-8H2,1H3,(H,15,17)(H,16,18). The lowest BCUT2D eigenvalue weighted by Crippen LogP contribution is -2.34. The van der Waals surface area contributed by atoms with Gasteiger partial charge in [0.05, 0.1) is 6.07 Å². The van der Waals surface area contributed by atoms with Gasteiger partial charge in [0.15, 0.2) is 0 Å². The molecule has 5 nitrogen and oxygen atoms in total. The van der Waals surface area contributed by atoms with Crippen LogP contribution in [0.15, 0.2) is 24.3 Å². The van der Waals surface area contributed by atoms with Crippen LogP contribution >= 0.6 is 0 Å². The average molecular weight is 245 g/mol. The van der Waals surface area contributed by atoms with Crippen molar-refractivity contribution in [3.8, 4) is 6.07 Å². The molecule has 0 aromatic heterocycles. The van der Waals surface area contributed by atoms with Gasteiger partial charge in [0.2, 0.25) is 5.91 Å². The maximum Gasteiger partial charge on any atom is 0.251 e. The van der Waals surface area contributed by atoms with Crippen LogP contribution < -0.4 is 10.6 Å². The molecule has 0 saturated carbocycles. The number of nitrogens with one attached hydrogen (secondary N) is 2. The molecule has 0 saturated heterocycles. The summed E-state index contributed by atoms with van der Waals surface area (Å²) in [5.41, 5.74) is 1.61. The minimum atomic E-state index is -0.331. The van der Waals surface area contributed by atoms with Crippen molar-refractivity contribution in [1.82, 2.24) is 10.6 Å². The molecule has 2 amide bonds. The van der Waals surface area contributed by atoms with Gasteiger partial charge in [-0.3, -0.25) is 9.59 Å². The fourth-order valence-electron chi connectivity index (χ4n) is 1.40. The second-order valence-electron chi connectivity index (χ2n) is 3.81. The van der Waals surface area contributed by atoms with Gasteiger partial charge in [-0.25, -0.2) is 0 Å². The highest BCUT2D eigenvalue weighted by molar-refractivity contribution is 5.94. The first-order valence-electron chi connectivity index (χ1n) is 5.62. The van der Waals surface area contributed by atoms with Crippen LogP contribution in [0.4, 0.5) is 0 Å². The van der Waals surface area contributed by atoms with Gasteiger partial charge in [0, 0.05) is 18.7 Å². The summed E-state index contributed by atoms with van der Waals surface area (Å²) in [5, 5.41) is 13.5. The highest BCUT2D eigenvalue weighted by Crippen LogP contribution is 2.03. The number of nitrogens with zero attached hydrogens (tertiary/aromatic N) is 1. The Bertz CT molecular complexity index is 477. The van der Waals surface area contributed by atoms with Gasteiger partial charge < -0.3 is 10.6 Å². The first-order valence-corrected chi connectivity index (χ1v) is 5.62. The second-order valence-corrected chi connectivity index (χ2v) is 3.81. The summed E-state index contributed by atoms with van der Waals surface area (Å²) in [6.45, 7) is 2.57. The van der Waals surface area contributed by atoms with Gasteiger partial charge in [-0.1, -0.05) is 17.7 Å². The maximum atomic E-state index is 11.7. The van der Waals surface area contributed by atoms with Crippen molar-refractivity contribution in [3.63, 3.8) is 0 Å². The highest BCUT2D eigenvalue weighted by atomic mass is 16.2. The van der Waals surface area contributed by atoms with Crippen molar-refractivity contribution >= 4 is 11.8 Å². The molecule has 1 rings (SSSR count). The first kappa shape index (κ1) is 13.7. The van der Waals surface area contributed by atoms with Crippen LogP contribution in [0.5, 0.6) is 0 Å². The largest absolute Gasteiger partial charge is 0.353 e. The van der Waals surface area contributed by atoms with Gasteiger partial charge in [-0.15, -0.1) is 0 Å². The summed E-state index contributed by atoms with van der Waals surface area (Å²) in [6.07, 6.45) is -0.161. The number of carbonyl (C=O) groups excluding carboxylic acids is 2. The maximum absolute atomic E-state index is 11.7. The molecule has 0 aliphatic rings. The van der Waals surface area contributed by atoms with E-state index in [1.807, 2.05) is 19.1 Å². The SMILES string of the molecule is Cc1cccc(C(=O)NCCNC(=O)CC#N)c1. The smallest absolute Gasteiger partial charge is 0.251 e. The number of rotatable bonds is 5. The molecule has 0 heterocycles. The normalized spacial score (nSPS) is 9.33. The predicted molar refractivity (Wildman–Crippen MR) is 66.8 cm³/mol. The topological polar surface area (TPSA) is 82.0 Å². The number of carbonyl (C=O) groups is 2. The zero-order valence-electron chi connectivity index (χ0n) is 10.2. The summed E-state index contributed by atoms with van der Waals surface area (Å²) in [5.74, 6) is -0.504. The molecular weight excluding hydrogens is 230 g/mol. The molecule has 0 fully saturated rings. The summed E-state index contributed by atoms with van der Waals surface area (Å²) in [4.78, 5) is 22.6. The lowest BCUT2D eigenvalue weighted by molar-refractivity contribution is -0.120. The van der Waals surface area contributed by atoms with Gasteiger partial charge >= 0.3 is 0 Å². The third kappa shape index (κ3) is 4.66. The molecule has 2 N–H and O–H groups in total. The third-order valence-corrected chi connectivity index (χ3v) is 2.25. The first-order chi connectivity index (χ1) is 8.63. The molecule has 0 aliphatic carbocycles. The van der Waals surface area contributed by atoms with E-state index in [2.05, 4.69) is 10.6 Å². The van der Waals surface area contributed by atoms with Gasteiger partial charge in [0.1, 0.15) is 6.42 Å². The predicted octanol–water partition coefficient (Wildman–Crippen LogP) is 0.755. The Morgan fingerprint density at radius 2 is 2.00 bits per heavy atom. The fraction of sp³-hybridized carbons (Fsp3) is 0.308. The summed E-state index contributed by atoms with van der Waals surface area (Å²) < 4.78 is 0. The van der Waals surface area contributed by atoms with Gasteiger partial charge in [-0.2, -0.15) is 5.26 Å². The molecule has 0 radical (unpaired) electrons. The number of aryl methyl sites for hydroxylation is 1. The summed E-state index contributed by atoms with van der Waals surface area (Å²) >= 11 is 0. The van der Waals surface area contributed by atoms with E-state index < -0.39 is 0 Å². The highest BCUT2D eigenvalue weighted by Gasteiger charge is 2.04. The van der Waals surface area contributed by atoms with Crippen molar-refractivity contribution in [3.05, 3.63) is 35.4 Å². The summed E-state index contributed by atoms with van der Waals surface area (Å²) in [7, 11) is 0. The fourth-order valence-corrected chi connectivity index (χ4v) is 1.40. The molecule has 18 heavy (non-hydrogen) atoms. The third-order valence-electron chi connectivity index (χ3n) is 2.25. The van der Waals surface area contributed by atoms with E-state index in [9.17, 15) is 9.59 Å². The minimum absolute atomic E-state index is 0.161. The lowest BCUT2D eigenvalue weighted by Gasteiger charge is -2.06. The quantitative estimate of drug-likeness (QED) is 0.751. The zero-order valence-corrected chi connectivity index (χ0v) is 10.2. The lowest BCUT2D eigenvalue weighted by atomic mass is 10.1. The Hall–Kier alpha value is -2.35. The Morgan fingerprint density at radius 1 is 1.28 bits per heavy atom. The van der Waals surface area contributed by atoms with Crippen molar-refractivity contribution in [1.29, 1.82) is 5.26 Å².